The van der Waals surface area contributed by atoms with Gasteiger partial charge in [-0.1, -0.05) is 83.8 Å². The summed E-state index contributed by atoms with van der Waals surface area (Å²) in [6.45, 7) is 4.38. The monoisotopic (exact) mass is 396 g/mol. The van der Waals surface area contributed by atoms with E-state index in [0.717, 1.165) is 38.5 Å². The standard InChI is InChI=1S/C24H44O4/c1-3-5-7-9-10-11-12-13-14-16-18-20-24(27)28-22(21-23(25)26)19-17-15-8-6-4-2/h9-10,22H,3-8,11-21H2,1-2H3,(H,25,26)/b10-9-. The van der Waals surface area contributed by atoms with Crippen LogP contribution in [0.3, 0.4) is 0 Å². The van der Waals surface area contributed by atoms with Gasteiger partial charge >= 0.3 is 11.9 Å². The van der Waals surface area contributed by atoms with Crippen molar-refractivity contribution in [2.45, 2.75) is 129 Å². The first-order valence-electron chi connectivity index (χ1n) is 11.7. The number of ether oxygens (including phenoxy) is 1. The number of carbonyl (C=O) groups is 2. The fourth-order valence-electron chi connectivity index (χ4n) is 3.24. The van der Waals surface area contributed by atoms with Crippen LogP contribution in [0.15, 0.2) is 12.2 Å². The molecule has 0 aromatic heterocycles. The minimum Gasteiger partial charge on any atom is -0.481 e. The van der Waals surface area contributed by atoms with E-state index in [9.17, 15) is 9.59 Å². The number of carboxylic acid groups (broad SMARTS) is 1. The van der Waals surface area contributed by atoms with Gasteiger partial charge in [-0.3, -0.25) is 9.59 Å². The van der Waals surface area contributed by atoms with Crippen LogP contribution in [-0.4, -0.2) is 23.1 Å². The Morgan fingerprint density at radius 1 is 0.786 bits per heavy atom. The van der Waals surface area contributed by atoms with E-state index in [1.54, 1.807) is 0 Å². The molecule has 0 amide bonds. The second-order valence-corrected chi connectivity index (χ2v) is 7.83. The van der Waals surface area contributed by atoms with Crippen molar-refractivity contribution in [3.05, 3.63) is 12.2 Å². The molecule has 0 spiro atoms. The molecule has 0 aliphatic heterocycles. The van der Waals surface area contributed by atoms with Crippen LogP contribution in [0.2, 0.25) is 0 Å². The molecule has 0 radical (unpaired) electrons. The van der Waals surface area contributed by atoms with Gasteiger partial charge < -0.3 is 9.84 Å². The van der Waals surface area contributed by atoms with Gasteiger partial charge in [-0.2, -0.15) is 0 Å². The molecule has 0 heterocycles. The largest absolute Gasteiger partial charge is 0.481 e. The number of rotatable bonds is 20. The summed E-state index contributed by atoms with van der Waals surface area (Å²) in [5, 5.41) is 9.02. The third-order valence-corrected chi connectivity index (χ3v) is 4.97. The van der Waals surface area contributed by atoms with Crippen LogP contribution in [0, 0.1) is 0 Å². The van der Waals surface area contributed by atoms with Crippen LogP contribution in [0.25, 0.3) is 0 Å². The van der Waals surface area contributed by atoms with Gasteiger partial charge in [0.15, 0.2) is 0 Å². The first-order chi connectivity index (χ1) is 13.6. The molecular formula is C24H44O4. The summed E-state index contributed by atoms with van der Waals surface area (Å²) in [6, 6.07) is 0. The van der Waals surface area contributed by atoms with E-state index in [4.69, 9.17) is 9.84 Å². The zero-order chi connectivity index (χ0) is 20.9. The van der Waals surface area contributed by atoms with Gasteiger partial charge in [-0.05, 0) is 38.5 Å². The quantitative estimate of drug-likeness (QED) is 0.134. The summed E-state index contributed by atoms with van der Waals surface area (Å²) in [5.41, 5.74) is 0. The lowest BCUT2D eigenvalue weighted by molar-refractivity contribution is -0.153. The van der Waals surface area contributed by atoms with Crippen molar-refractivity contribution in [2.75, 3.05) is 0 Å². The number of carbonyl (C=O) groups excluding carboxylic acids is 1. The second-order valence-electron chi connectivity index (χ2n) is 7.83. The maximum atomic E-state index is 12.0. The Labute approximate surface area is 173 Å². The van der Waals surface area contributed by atoms with E-state index in [0.29, 0.717) is 12.8 Å². The highest BCUT2D eigenvalue weighted by Crippen LogP contribution is 2.15. The van der Waals surface area contributed by atoms with Gasteiger partial charge in [-0.15, -0.1) is 0 Å². The third-order valence-electron chi connectivity index (χ3n) is 4.97. The molecule has 0 aliphatic carbocycles. The van der Waals surface area contributed by atoms with E-state index >= 15 is 0 Å². The molecular weight excluding hydrogens is 352 g/mol. The van der Waals surface area contributed by atoms with Gasteiger partial charge in [0.1, 0.15) is 6.10 Å². The smallest absolute Gasteiger partial charge is 0.307 e. The molecule has 0 bridgehead atoms. The molecule has 0 aromatic rings. The summed E-state index contributed by atoms with van der Waals surface area (Å²) < 4.78 is 5.43. The van der Waals surface area contributed by atoms with Crippen LogP contribution in [0.5, 0.6) is 0 Å². The Bertz CT molecular complexity index is 403. The van der Waals surface area contributed by atoms with Gasteiger partial charge in [0.05, 0.1) is 6.42 Å². The van der Waals surface area contributed by atoms with Crippen molar-refractivity contribution in [2.24, 2.45) is 0 Å². The summed E-state index contributed by atoms with van der Waals surface area (Å²) in [6.07, 6.45) is 21.0. The molecule has 0 saturated carbocycles. The average molecular weight is 397 g/mol. The lowest BCUT2D eigenvalue weighted by Crippen LogP contribution is -2.21. The molecule has 1 unspecified atom stereocenters. The number of unbranched alkanes of at least 4 members (excludes halogenated alkanes) is 11. The highest BCUT2D eigenvalue weighted by Gasteiger charge is 2.17. The molecule has 0 saturated heterocycles. The van der Waals surface area contributed by atoms with E-state index in [1.807, 2.05) is 0 Å². The topological polar surface area (TPSA) is 63.6 Å². The second kappa shape index (κ2) is 20.4. The minimum atomic E-state index is -0.893. The van der Waals surface area contributed by atoms with E-state index < -0.39 is 12.1 Å². The van der Waals surface area contributed by atoms with Crippen LogP contribution >= 0.6 is 0 Å². The lowest BCUT2D eigenvalue weighted by Gasteiger charge is -2.16. The predicted molar refractivity (Wildman–Crippen MR) is 116 cm³/mol. The maximum absolute atomic E-state index is 12.0. The molecule has 1 atom stereocenters. The van der Waals surface area contributed by atoms with Crippen LogP contribution in [-0.2, 0) is 14.3 Å². The fraction of sp³-hybridized carbons (Fsp3) is 0.833. The number of carboxylic acids is 1. The Kier molecular flexibility index (Phi) is 19.5. The number of aliphatic carboxylic acids is 1. The summed E-state index contributed by atoms with van der Waals surface area (Å²) in [7, 11) is 0. The Balaban J connectivity index is 3.75. The number of hydrogen-bond acceptors (Lipinski definition) is 3. The minimum absolute atomic E-state index is 0.0781. The molecule has 0 fully saturated rings. The van der Waals surface area contributed by atoms with E-state index in [-0.39, 0.29) is 12.4 Å². The zero-order valence-electron chi connectivity index (χ0n) is 18.4. The Morgan fingerprint density at radius 3 is 2.04 bits per heavy atom. The maximum Gasteiger partial charge on any atom is 0.307 e. The number of allylic oxidation sites excluding steroid dienone is 2. The fourth-order valence-corrected chi connectivity index (χ4v) is 3.24. The number of hydrogen-bond donors (Lipinski definition) is 1. The van der Waals surface area contributed by atoms with Crippen LogP contribution in [0.4, 0.5) is 0 Å². The summed E-state index contributed by atoms with van der Waals surface area (Å²) in [5.74, 6) is -1.13. The molecule has 28 heavy (non-hydrogen) atoms. The van der Waals surface area contributed by atoms with E-state index in [2.05, 4.69) is 26.0 Å². The molecule has 0 rings (SSSR count). The first-order valence-corrected chi connectivity index (χ1v) is 11.7. The summed E-state index contributed by atoms with van der Waals surface area (Å²) in [4.78, 5) is 23.0. The zero-order valence-corrected chi connectivity index (χ0v) is 18.4. The molecule has 4 heteroatoms. The van der Waals surface area contributed by atoms with Gasteiger partial charge in [0, 0.05) is 6.42 Å². The van der Waals surface area contributed by atoms with Crippen LogP contribution < -0.4 is 0 Å². The summed E-state index contributed by atoms with van der Waals surface area (Å²) >= 11 is 0. The Morgan fingerprint density at radius 2 is 1.36 bits per heavy atom. The van der Waals surface area contributed by atoms with Crippen molar-refractivity contribution in [1.29, 1.82) is 0 Å². The van der Waals surface area contributed by atoms with Gasteiger partial charge in [-0.25, -0.2) is 0 Å². The van der Waals surface area contributed by atoms with Crippen LogP contribution in [0.1, 0.15) is 123 Å². The SMILES string of the molecule is CCCC/C=C\CCCCCCCC(=O)OC(CCCCCCC)CC(=O)O. The highest BCUT2D eigenvalue weighted by molar-refractivity contribution is 5.71. The lowest BCUT2D eigenvalue weighted by atomic mass is 10.1. The molecule has 164 valence electrons. The third kappa shape index (κ3) is 19.4. The van der Waals surface area contributed by atoms with E-state index in [1.165, 1.54) is 51.4 Å². The molecule has 0 aliphatic rings. The van der Waals surface area contributed by atoms with Crippen molar-refractivity contribution < 1.29 is 19.4 Å². The molecule has 0 aromatic carbocycles. The normalized spacial score (nSPS) is 12.4. The molecule has 1 N–H and O–H groups in total. The van der Waals surface area contributed by atoms with Crippen molar-refractivity contribution in [3.8, 4) is 0 Å². The van der Waals surface area contributed by atoms with Gasteiger partial charge in [0.2, 0.25) is 0 Å². The van der Waals surface area contributed by atoms with Gasteiger partial charge in [0.25, 0.3) is 0 Å². The van der Waals surface area contributed by atoms with Crippen molar-refractivity contribution >= 4 is 11.9 Å². The number of esters is 1. The molecule has 4 nitrogen and oxygen atoms in total. The highest BCUT2D eigenvalue weighted by atomic mass is 16.5. The first kappa shape index (κ1) is 26.7. The Hall–Kier alpha value is -1.32. The average Bonchev–Trinajstić information content (AvgIpc) is 2.65. The van der Waals surface area contributed by atoms with Crippen molar-refractivity contribution in [1.82, 2.24) is 0 Å². The van der Waals surface area contributed by atoms with Crippen molar-refractivity contribution in [3.63, 3.8) is 0 Å². The predicted octanol–water partition coefficient (Wildman–Crippen LogP) is 7.21.